The van der Waals surface area contributed by atoms with Crippen molar-refractivity contribution in [3.05, 3.63) is 119 Å². The van der Waals surface area contributed by atoms with Gasteiger partial charge in [0.05, 0.1) is 24.6 Å². The molecule has 42 heavy (non-hydrogen) atoms. The molecule has 1 N–H and O–H groups in total. The number of amides is 2. The summed E-state index contributed by atoms with van der Waals surface area (Å²) >= 11 is 0. The van der Waals surface area contributed by atoms with Crippen LogP contribution in [0.5, 0.6) is 17.2 Å². The normalized spacial score (nSPS) is 17.5. The fourth-order valence-electron chi connectivity index (χ4n) is 5.44. The number of carbonyl (C=O) groups is 2. The molecule has 6 rings (SSSR count). The van der Waals surface area contributed by atoms with Crippen LogP contribution in [0, 0.1) is 0 Å². The largest absolute Gasteiger partial charge is 0.497 e. The highest BCUT2D eigenvalue weighted by molar-refractivity contribution is 6.11. The number of benzene rings is 4. The van der Waals surface area contributed by atoms with Crippen molar-refractivity contribution in [2.45, 2.75) is 24.7 Å². The predicted molar refractivity (Wildman–Crippen MR) is 148 cm³/mol. The van der Waals surface area contributed by atoms with E-state index in [1.807, 2.05) is 0 Å². The van der Waals surface area contributed by atoms with Gasteiger partial charge < -0.3 is 19.5 Å². The second-order valence-electron chi connectivity index (χ2n) is 9.91. The number of halogens is 3. The third-order valence-corrected chi connectivity index (χ3v) is 7.43. The standard InChI is InChI=1S/C32H25F3N2O5/c1-40-23-12-9-20(10-13-23)29-28(30(38)36-17-19-5-4-6-21(15-19)32(33,34)35)24-7-2-3-8-25(24)31(39)37(29)22-11-14-26-27(16-22)42-18-41-26/h2-16,28-29H,17-18H2,1H3,(H,36,38)/t28-,29-/m1/s1. The molecule has 2 aliphatic rings. The first-order valence-electron chi connectivity index (χ1n) is 13.1. The zero-order valence-corrected chi connectivity index (χ0v) is 22.4. The number of ether oxygens (including phenoxy) is 3. The van der Waals surface area contributed by atoms with Gasteiger partial charge in [-0.3, -0.25) is 14.5 Å². The number of carbonyl (C=O) groups excluding carboxylic acids is 2. The average Bonchev–Trinajstić information content (AvgIpc) is 3.48. The van der Waals surface area contributed by atoms with Gasteiger partial charge in [0, 0.05) is 23.9 Å². The van der Waals surface area contributed by atoms with Crippen molar-refractivity contribution in [3.63, 3.8) is 0 Å². The smallest absolute Gasteiger partial charge is 0.416 e. The minimum Gasteiger partial charge on any atom is -0.497 e. The number of alkyl halides is 3. The SMILES string of the molecule is COc1ccc([C@@H]2[C@H](C(=O)NCc3cccc(C(F)(F)F)c3)c3ccccc3C(=O)N2c2ccc3c(c2)OCO3)cc1. The molecule has 10 heteroatoms. The fraction of sp³-hybridized carbons (Fsp3) is 0.188. The van der Waals surface area contributed by atoms with Crippen molar-refractivity contribution in [1.82, 2.24) is 5.32 Å². The topological polar surface area (TPSA) is 77.1 Å². The summed E-state index contributed by atoms with van der Waals surface area (Å²) in [7, 11) is 1.54. The number of nitrogens with zero attached hydrogens (tertiary/aromatic N) is 1. The van der Waals surface area contributed by atoms with Gasteiger partial charge in [-0.15, -0.1) is 0 Å². The van der Waals surface area contributed by atoms with Crippen LogP contribution >= 0.6 is 0 Å². The first kappa shape index (κ1) is 27.2. The number of anilines is 1. The van der Waals surface area contributed by atoms with Crippen LogP contribution in [0.4, 0.5) is 18.9 Å². The van der Waals surface area contributed by atoms with Crippen LogP contribution in [0.2, 0.25) is 0 Å². The van der Waals surface area contributed by atoms with Gasteiger partial charge in [0.2, 0.25) is 12.7 Å². The van der Waals surface area contributed by atoms with Gasteiger partial charge in [-0.25, -0.2) is 0 Å². The monoisotopic (exact) mass is 574 g/mol. The second kappa shape index (κ2) is 10.8. The summed E-state index contributed by atoms with van der Waals surface area (Å²) in [4.78, 5) is 29.7. The first-order valence-corrected chi connectivity index (χ1v) is 13.1. The van der Waals surface area contributed by atoms with Crippen molar-refractivity contribution in [3.8, 4) is 17.2 Å². The average molecular weight is 575 g/mol. The van der Waals surface area contributed by atoms with E-state index in [0.717, 1.165) is 12.1 Å². The van der Waals surface area contributed by atoms with Crippen LogP contribution in [-0.2, 0) is 17.5 Å². The number of fused-ring (bicyclic) bond motifs is 2. The maximum atomic E-state index is 14.1. The summed E-state index contributed by atoms with van der Waals surface area (Å²) < 4.78 is 56.2. The molecule has 4 aromatic rings. The summed E-state index contributed by atoms with van der Waals surface area (Å²) in [6, 6.07) is 23.1. The third-order valence-electron chi connectivity index (χ3n) is 7.43. The van der Waals surface area contributed by atoms with Crippen molar-refractivity contribution in [2.24, 2.45) is 0 Å². The van der Waals surface area contributed by atoms with Gasteiger partial charge >= 0.3 is 6.18 Å². The lowest BCUT2D eigenvalue weighted by molar-refractivity contribution is -0.137. The van der Waals surface area contributed by atoms with E-state index in [4.69, 9.17) is 14.2 Å². The molecule has 0 unspecified atom stereocenters. The van der Waals surface area contributed by atoms with Gasteiger partial charge in [-0.1, -0.05) is 42.5 Å². The molecule has 0 saturated heterocycles. The van der Waals surface area contributed by atoms with Crippen LogP contribution in [0.15, 0.2) is 91.0 Å². The van der Waals surface area contributed by atoms with E-state index in [1.54, 1.807) is 78.7 Å². The maximum absolute atomic E-state index is 14.1. The van der Waals surface area contributed by atoms with Crippen molar-refractivity contribution >= 4 is 17.5 Å². The third kappa shape index (κ3) is 5.00. The summed E-state index contributed by atoms with van der Waals surface area (Å²) in [5.74, 6) is -0.0470. The van der Waals surface area contributed by atoms with E-state index in [0.29, 0.717) is 45.2 Å². The highest BCUT2D eigenvalue weighted by Gasteiger charge is 2.45. The Hall–Kier alpha value is -4.99. The molecule has 0 saturated carbocycles. The molecule has 0 aliphatic carbocycles. The number of hydrogen-bond acceptors (Lipinski definition) is 5. The minimum absolute atomic E-state index is 0.0536. The molecule has 0 aromatic heterocycles. The Balaban J connectivity index is 1.43. The van der Waals surface area contributed by atoms with Crippen LogP contribution < -0.4 is 24.4 Å². The van der Waals surface area contributed by atoms with Crippen LogP contribution in [0.25, 0.3) is 0 Å². The van der Waals surface area contributed by atoms with E-state index in [1.165, 1.54) is 12.1 Å². The summed E-state index contributed by atoms with van der Waals surface area (Å²) in [5, 5.41) is 2.83. The highest BCUT2D eigenvalue weighted by atomic mass is 19.4. The molecule has 2 atom stereocenters. The van der Waals surface area contributed by atoms with E-state index in [2.05, 4.69) is 5.32 Å². The molecule has 2 aliphatic heterocycles. The van der Waals surface area contributed by atoms with Crippen molar-refractivity contribution < 1.29 is 37.0 Å². The molecule has 0 spiro atoms. The number of nitrogens with one attached hydrogen (secondary N) is 1. The molecular formula is C32H25F3N2O5. The van der Waals surface area contributed by atoms with Crippen LogP contribution in [0.1, 0.15) is 44.6 Å². The Morgan fingerprint density at radius 2 is 1.71 bits per heavy atom. The highest BCUT2D eigenvalue weighted by Crippen LogP contribution is 2.47. The molecular weight excluding hydrogens is 549 g/mol. The van der Waals surface area contributed by atoms with Gasteiger partial charge in [0.15, 0.2) is 11.5 Å². The van der Waals surface area contributed by atoms with Crippen molar-refractivity contribution in [2.75, 3.05) is 18.8 Å². The zero-order chi connectivity index (χ0) is 29.4. The lowest BCUT2D eigenvalue weighted by Crippen LogP contribution is -2.47. The van der Waals surface area contributed by atoms with Gasteiger partial charge in [0.25, 0.3) is 5.91 Å². The summed E-state index contributed by atoms with van der Waals surface area (Å²) in [6.45, 7) is -0.0766. The minimum atomic E-state index is -4.51. The lowest BCUT2D eigenvalue weighted by Gasteiger charge is -2.42. The van der Waals surface area contributed by atoms with Crippen LogP contribution in [0.3, 0.4) is 0 Å². The molecule has 4 aromatic carbocycles. The summed E-state index contributed by atoms with van der Waals surface area (Å²) in [6.07, 6.45) is -4.51. The first-order chi connectivity index (χ1) is 20.2. The van der Waals surface area contributed by atoms with E-state index in [-0.39, 0.29) is 19.2 Å². The predicted octanol–water partition coefficient (Wildman–Crippen LogP) is 6.24. The Morgan fingerprint density at radius 1 is 0.952 bits per heavy atom. The van der Waals surface area contributed by atoms with Gasteiger partial charge in [-0.2, -0.15) is 13.2 Å². The Labute approximate surface area is 239 Å². The molecule has 2 heterocycles. The maximum Gasteiger partial charge on any atom is 0.416 e. The van der Waals surface area contributed by atoms with Gasteiger partial charge in [0.1, 0.15) is 5.75 Å². The molecule has 214 valence electrons. The molecule has 2 amide bonds. The summed E-state index contributed by atoms with van der Waals surface area (Å²) in [5.41, 5.74) is 1.52. The lowest BCUT2D eigenvalue weighted by atomic mass is 9.78. The number of rotatable bonds is 6. The van der Waals surface area contributed by atoms with E-state index in [9.17, 15) is 22.8 Å². The van der Waals surface area contributed by atoms with E-state index < -0.39 is 29.6 Å². The Kier molecular flexibility index (Phi) is 6.97. The van der Waals surface area contributed by atoms with Gasteiger partial charge in [-0.05, 0) is 59.2 Å². The number of hydrogen-bond donors (Lipinski definition) is 1. The number of methoxy groups -OCH3 is 1. The Morgan fingerprint density at radius 3 is 2.48 bits per heavy atom. The fourth-order valence-corrected chi connectivity index (χ4v) is 5.44. The molecule has 0 fully saturated rings. The molecule has 0 bridgehead atoms. The molecule has 0 radical (unpaired) electrons. The van der Waals surface area contributed by atoms with E-state index >= 15 is 0 Å². The Bertz CT molecular complexity index is 1650. The second-order valence-corrected chi connectivity index (χ2v) is 9.91. The quantitative estimate of drug-likeness (QED) is 0.295. The zero-order valence-electron chi connectivity index (χ0n) is 22.4. The van der Waals surface area contributed by atoms with Crippen molar-refractivity contribution in [1.29, 1.82) is 0 Å². The van der Waals surface area contributed by atoms with Crippen LogP contribution in [-0.4, -0.2) is 25.7 Å². The molecule has 7 nitrogen and oxygen atoms in total.